The standard InChI is InChI=1S/C23H27N3O4/c1-12(2)30-22-20-19(16-8-7-15(11-24-5)9-17(16)29-6)18(23(27)28)14(4)26-21(20)13(3)10-25-22/h7-12,19,26H,1-6H3,(H,27,28). The molecule has 3 rings (SSSR count). The predicted molar refractivity (Wildman–Crippen MR) is 117 cm³/mol. The van der Waals surface area contributed by atoms with Gasteiger partial charge >= 0.3 is 5.97 Å². The van der Waals surface area contributed by atoms with Crippen molar-refractivity contribution >= 4 is 17.9 Å². The highest BCUT2D eigenvalue weighted by molar-refractivity contribution is 5.94. The van der Waals surface area contributed by atoms with Crippen LogP contribution in [0, 0.1) is 6.92 Å². The minimum absolute atomic E-state index is 0.115. The molecule has 2 heterocycles. The maximum Gasteiger partial charge on any atom is 0.334 e. The normalized spacial score (nSPS) is 15.9. The second kappa shape index (κ2) is 8.57. The highest BCUT2D eigenvalue weighted by Gasteiger charge is 2.37. The van der Waals surface area contributed by atoms with Crippen molar-refractivity contribution < 1.29 is 19.4 Å². The SMILES string of the molecule is CN=Cc1ccc(C2C(C(=O)O)=C(C)Nc3c(C)cnc(OC(C)C)c32)c(OC)c1. The number of methoxy groups -OCH3 is 1. The van der Waals surface area contributed by atoms with Crippen LogP contribution in [0.1, 0.15) is 48.9 Å². The fourth-order valence-electron chi connectivity index (χ4n) is 3.77. The number of allylic oxidation sites excluding steroid dienone is 1. The van der Waals surface area contributed by atoms with E-state index in [0.29, 0.717) is 22.9 Å². The molecule has 1 unspecified atom stereocenters. The van der Waals surface area contributed by atoms with E-state index in [9.17, 15) is 9.90 Å². The molecule has 0 aliphatic carbocycles. The predicted octanol–water partition coefficient (Wildman–Crippen LogP) is 4.15. The zero-order valence-corrected chi connectivity index (χ0v) is 18.1. The largest absolute Gasteiger partial charge is 0.496 e. The first-order valence-corrected chi connectivity index (χ1v) is 9.75. The number of fused-ring (bicyclic) bond motifs is 1. The lowest BCUT2D eigenvalue weighted by Gasteiger charge is -2.32. The van der Waals surface area contributed by atoms with Crippen molar-refractivity contribution in [1.29, 1.82) is 0 Å². The zero-order valence-electron chi connectivity index (χ0n) is 18.1. The molecule has 0 bridgehead atoms. The van der Waals surface area contributed by atoms with Crippen LogP contribution in [0.25, 0.3) is 0 Å². The summed E-state index contributed by atoms with van der Waals surface area (Å²) in [6.07, 6.45) is 3.34. The van der Waals surface area contributed by atoms with Gasteiger partial charge in [-0.2, -0.15) is 0 Å². The van der Waals surface area contributed by atoms with E-state index in [2.05, 4.69) is 15.3 Å². The lowest BCUT2D eigenvalue weighted by atomic mass is 9.79. The Morgan fingerprint density at radius 1 is 1.33 bits per heavy atom. The van der Waals surface area contributed by atoms with Crippen LogP contribution in [-0.2, 0) is 4.79 Å². The maximum absolute atomic E-state index is 12.3. The van der Waals surface area contributed by atoms with Crippen LogP contribution in [-0.4, -0.2) is 42.5 Å². The Morgan fingerprint density at radius 3 is 2.67 bits per heavy atom. The molecule has 158 valence electrons. The Balaban J connectivity index is 2.34. The first-order chi connectivity index (χ1) is 14.3. The van der Waals surface area contributed by atoms with Gasteiger partial charge in [-0.3, -0.25) is 4.99 Å². The molecule has 30 heavy (non-hydrogen) atoms. The fraction of sp³-hybridized carbons (Fsp3) is 0.348. The minimum Gasteiger partial charge on any atom is -0.496 e. The number of hydrogen-bond donors (Lipinski definition) is 2. The van der Waals surface area contributed by atoms with Gasteiger partial charge in [-0.1, -0.05) is 12.1 Å². The number of nitrogens with one attached hydrogen (secondary N) is 1. The van der Waals surface area contributed by atoms with Crippen LogP contribution >= 0.6 is 0 Å². The number of aliphatic carboxylic acids is 1. The van der Waals surface area contributed by atoms with Gasteiger partial charge in [0.05, 0.1) is 36.0 Å². The minimum atomic E-state index is -1.01. The number of carboxylic acid groups (broad SMARTS) is 1. The number of rotatable bonds is 6. The van der Waals surface area contributed by atoms with Gasteiger partial charge in [0, 0.05) is 30.7 Å². The Bertz CT molecular complexity index is 1040. The van der Waals surface area contributed by atoms with Crippen molar-refractivity contribution in [2.24, 2.45) is 4.99 Å². The molecule has 0 saturated heterocycles. The molecule has 1 aromatic carbocycles. The van der Waals surface area contributed by atoms with Crippen molar-refractivity contribution in [1.82, 2.24) is 4.98 Å². The third-order valence-corrected chi connectivity index (χ3v) is 4.99. The van der Waals surface area contributed by atoms with E-state index >= 15 is 0 Å². The zero-order chi connectivity index (χ0) is 22.0. The Labute approximate surface area is 176 Å². The third kappa shape index (κ3) is 3.87. The summed E-state index contributed by atoms with van der Waals surface area (Å²) in [7, 11) is 3.27. The summed E-state index contributed by atoms with van der Waals surface area (Å²) in [5.41, 5.74) is 4.82. The van der Waals surface area contributed by atoms with E-state index < -0.39 is 11.9 Å². The molecule has 1 aliphatic heterocycles. The van der Waals surface area contributed by atoms with E-state index in [1.807, 2.05) is 39.0 Å². The van der Waals surface area contributed by atoms with Crippen molar-refractivity contribution in [3.8, 4) is 11.6 Å². The number of carboxylic acids is 1. The number of anilines is 1. The fourth-order valence-corrected chi connectivity index (χ4v) is 3.77. The molecule has 1 aliphatic rings. The van der Waals surface area contributed by atoms with Gasteiger partial charge in [0.25, 0.3) is 0 Å². The molecule has 0 spiro atoms. The summed E-state index contributed by atoms with van der Waals surface area (Å²) in [6, 6.07) is 5.63. The van der Waals surface area contributed by atoms with Gasteiger partial charge < -0.3 is 19.9 Å². The van der Waals surface area contributed by atoms with E-state index in [0.717, 1.165) is 22.4 Å². The van der Waals surface area contributed by atoms with E-state index in [4.69, 9.17) is 9.47 Å². The molecule has 0 saturated carbocycles. The van der Waals surface area contributed by atoms with Crippen LogP contribution in [0.2, 0.25) is 0 Å². The molecule has 2 aromatic rings. The maximum atomic E-state index is 12.3. The van der Waals surface area contributed by atoms with Crippen molar-refractivity contribution in [2.45, 2.75) is 39.7 Å². The summed E-state index contributed by atoms with van der Waals surface area (Å²) in [6.45, 7) is 7.54. The van der Waals surface area contributed by atoms with E-state index in [-0.39, 0.29) is 11.7 Å². The molecule has 0 amide bonds. The first kappa shape index (κ1) is 21.4. The monoisotopic (exact) mass is 409 g/mol. The first-order valence-electron chi connectivity index (χ1n) is 9.75. The van der Waals surface area contributed by atoms with Crippen LogP contribution in [0.5, 0.6) is 11.6 Å². The summed E-state index contributed by atoms with van der Waals surface area (Å²) >= 11 is 0. The Kier molecular flexibility index (Phi) is 6.10. The average molecular weight is 409 g/mol. The Morgan fingerprint density at radius 2 is 2.07 bits per heavy atom. The number of aryl methyl sites for hydroxylation is 1. The highest BCUT2D eigenvalue weighted by atomic mass is 16.5. The summed E-state index contributed by atoms with van der Waals surface area (Å²) in [5, 5.41) is 13.3. The van der Waals surface area contributed by atoms with E-state index in [1.54, 1.807) is 33.5 Å². The van der Waals surface area contributed by atoms with Gasteiger partial charge in [-0.25, -0.2) is 9.78 Å². The van der Waals surface area contributed by atoms with Gasteiger partial charge in [0.2, 0.25) is 5.88 Å². The number of benzene rings is 1. The Hall–Kier alpha value is -3.35. The third-order valence-electron chi connectivity index (χ3n) is 4.99. The lowest BCUT2D eigenvalue weighted by Crippen LogP contribution is -2.25. The lowest BCUT2D eigenvalue weighted by molar-refractivity contribution is -0.133. The number of carbonyl (C=O) groups is 1. The van der Waals surface area contributed by atoms with Gasteiger partial charge in [0.1, 0.15) is 5.75 Å². The summed E-state index contributed by atoms with van der Waals surface area (Å²) in [5.74, 6) is -0.624. The molecular weight excluding hydrogens is 382 g/mol. The van der Waals surface area contributed by atoms with Gasteiger partial charge in [0.15, 0.2) is 0 Å². The molecule has 7 nitrogen and oxygen atoms in total. The molecule has 7 heteroatoms. The second-order valence-electron chi connectivity index (χ2n) is 7.49. The van der Waals surface area contributed by atoms with E-state index in [1.165, 1.54) is 0 Å². The quantitative estimate of drug-likeness (QED) is 0.696. The molecule has 0 radical (unpaired) electrons. The van der Waals surface area contributed by atoms with Crippen molar-refractivity contribution in [3.05, 3.63) is 57.9 Å². The van der Waals surface area contributed by atoms with Crippen molar-refractivity contribution in [3.63, 3.8) is 0 Å². The number of pyridine rings is 1. The van der Waals surface area contributed by atoms with Crippen LogP contribution in [0.15, 0.2) is 40.7 Å². The van der Waals surface area contributed by atoms with Crippen LogP contribution in [0.3, 0.4) is 0 Å². The van der Waals surface area contributed by atoms with Crippen LogP contribution < -0.4 is 14.8 Å². The topological polar surface area (TPSA) is 93.0 Å². The number of nitrogens with zero attached hydrogens (tertiary/aromatic N) is 2. The van der Waals surface area contributed by atoms with Crippen LogP contribution in [0.4, 0.5) is 5.69 Å². The van der Waals surface area contributed by atoms with Crippen molar-refractivity contribution in [2.75, 3.05) is 19.5 Å². The van der Waals surface area contributed by atoms with Gasteiger partial charge in [-0.15, -0.1) is 0 Å². The summed E-state index contributed by atoms with van der Waals surface area (Å²) in [4.78, 5) is 20.9. The highest BCUT2D eigenvalue weighted by Crippen LogP contribution is 2.49. The molecule has 1 aromatic heterocycles. The summed E-state index contributed by atoms with van der Waals surface area (Å²) < 4.78 is 11.6. The number of aromatic nitrogens is 1. The molecule has 1 atom stereocenters. The molecule has 0 fully saturated rings. The molecular formula is C23H27N3O4. The molecule has 2 N–H and O–H groups in total. The average Bonchev–Trinajstić information content (AvgIpc) is 2.69. The number of hydrogen-bond acceptors (Lipinski definition) is 6. The van der Waals surface area contributed by atoms with Gasteiger partial charge in [-0.05, 0) is 44.9 Å². The smallest absolute Gasteiger partial charge is 0.334 e. The second-order valence-corrected chi connectivity index (χ2v) is 7.49. The number of ether oxygens (including phenoxy) is 2. The number of aliphatic imine (C=N–C) groups is 1.